The van der Waals surface area contributed by atoms with Gasteiger partial charge in [0.1, 0.15) is 17.3 Å². The maximum Gasteiger partial charge on any atom is 0.416 e. The number of hydrogen-bond donors (Lipinski definition) is 0. The zero-order chi connectivity index (χ0) is 16.6. The Kier molecular flexibility index (Phi) is 4.18. The molecule has 1 aliphatic rings. The van der Waals surface area contributed by atoms with Crippen LogP contribution < -0.4 is 0 Å². The van der Waals surface area contributed by atoms with E-state index in [-0.39, 0.29) is 23.1 Å². The third-order valence-electron chi connectivity index (χ3n) is 3.17. The van der Waals surface area contributed by atoms with Gasteiger partial charge in [-0.3, -0.25) is 4.79 Å². The lowest BCUT2D eigenvalue weighted by Gasteiger charge is -2.10. The van der Waals surface area contributed by atoms with Crippen molar-refractivity contribution in [2.24, 2.45) is 0 Å². The lowest BCUT2D eigenvalue weighted by molar-refractivity contribution is -0.131. The van der Waals surface area contributed by atoms with Crippen molar-refractivity contribution in [1.82, 2.24) is 4.90 Å². The van der Waals surface area contributed by atoms with Crippen molar-refractivity contribution in [3.63, 3.8) is 0 Å². The van der Waals surface area contributed by atoms with Crippen LogP contribution in [0.25, 0.3) is 10.1 Å². The maximum absolute atomic E-state index is 13.2. The Morgan fingerprint density at radius 3 is 2.91 bits per heavy atom. The summed E-state index contributed by atoms with van der Waals surface area (Å²) in [5.74, 6) is -1.93. The Labute approximate surface area is 138 Å². The summed E-state index contributed by atoms with van der Waals surface area (Å²) in [5, 5.41) is 0.669. The molecule has 1 aliphatic heterocycles. The molecule has 2 amide bonds. The van der Waals surface area contributed by atoms with Crippen LogP contribution in [0.1, 0.15) is 9.67 Å². The second kappa shape index (κ2) is 6.13. The number of cyclic esters (lactones) is 1. The standard InChI is InChI=1S/C14H9ClFNO5S/c15-11-8-2-1-7(16)5-9(8)23-12(11)13(19)22-6-10(18)17-3-4-21-14(17)20/h1-2,5H,3-4,6H2. The van der Waals surface area contributed by atoms with Crippen molar-refractivity contribution >= 4 is 51.0 Å². The van der Waals surface area contributed by atoms with E-state index in [4.69, 9.17) is 16.3 Å². The van der Waals surface area contributed by atoms with Crippen LogP contribution in [0.15, 0.2) is 18.2 Å². The maximum atomic E-state index is 13.2. The van der Waals surface area contributed by atoms with Gasteiger partial charge >= 0.3 is 12.1 Å². The molecule has 0 N–H and O–H groups in total. The van der Waals surface area contributed by atoms with Crippen molar-refractivity contribution < 1.29 is 28.2 Å². The van der Waals surface area contributed by atoms with Crippen molar-refractivity contribution in [2.45, 2.75) is 0 Å². The normalized spacial score (nSPS) is 14.2. The predicted molar refractivity (Wildman–Crippen MR) is 80.1 cm³/mol. The molecule has 1 aromatic carbocycles. The number of esters is 1. The van der Waals surface area contributed by atoms with Gasteiger partial charge in [0.15, 0.2) is 6.61 Å². The summed E-state index contributed by atoms with van der Waals surface area (Å²) in [5.41, 5.74) is 0. The number of nitrogens with zero attached hydrogens (tertiary/aromatic N) is 1. The van der Waals surface area contributed by atoms with Crippen LogP contribution in [0, 0.1) is 5.82 Å². The summed E-state index contributed by atoms with van der Waals surface area (Å²) >= 11 is 7.06. The Morgan fingerprint density at radius 1 is 1.43 bits per heavy atom. The number of ether oxygens (including phenoxy) is 2. The highest BCUT2D eigenvalue weighted by atomic mass is 35.5. The van der Waals surface area contributed by atoms with Crippen LogP contribution in [0.3, 0.4) is 0 Å². The number of carbonyl (C=O) groups excluding carboxylic acids is 3. The molecule has 0 unspecified atom stereocenters. The Balaban J connectivity index is 1.72. The topological polar surface area (TPSA) is 72.9 Å². The second-order valence-electron chi connectivity index (χ2n) is 4.62. The van der Waals surface area contributed by atoms with Crippen LogP contribution >= 0.6 is 22.9 Å². The molecular weight excluding hydrogens is 349 g/mol. The molecule has 2 aromatic rings. The second-order valence-corrected chi connectivity index (χ2v) is 6.05. The number of thiophene rings is 1. The van der Waals surface area contributed by atoms with Gasteiger partial charge in [0, 0.05) is 10.1 Å². The highest BCUT2D eigenvalue weighted by Gasteiger charge is 2.29. The van der Waals surface area contributed by atoms with E-state index in [1.54, 1.807) is 0 Å². The van der Waals surface area contributed by atoms with E-state index in [1.165, 1.54) is 18.2 Å². The van der Waals surface area contributed by atoms with E-state index < -0.39 is 30.4 Å². The smallest absolute Gasteiger partial charge is 0.416 e. The SMILES string of the molecule is O=C(OCC(=O)N1CCOC1=O)c1sc2cc(F)ccc2c1Cl. The van der Waals surface area contributed by atoms with Gasteiger partial charge in [-0.25, -0.2) is 18.9 Å². The number of hydrogen-bond acceptors (Lipinski definition) is 6. The van der Waals surface area contributed by atoms with Gasteiger partial charge in [-0.05, 0) is 18.2 Å². The molecule has 1 aromatic heterocycles. The number of benzene rings is 1. The minimum absolute atomic E-state index is 0.0732. The van der Waals surface area contributed by atoms with Gasteiger partial charge in [-0.1, -0.05) is 11.6 Å². The minimum Gasteiger partial charge on any atom is -0.451 e. The summed E-state index contributed by atoms with van der Waals surface area (Å²) < 4.78 is 23.2. The van der Waals surface area contributed by atoms with Crippen molar-refractivity contribution in [2.75, 3.05) is 19.8 Å². The minimum atomic E-state index is -0.808. The molecule has 120 valence electrons. The molecule has 6 nitrogen and oxygen atoms in total. The predicted octanol–water partition coefficient (Wildman–Crippen LogP) is 2.83. The fraction of sp³-hybridized carbons (Fsp3) is 0.214. The summed E-state index contributed by atoms with van der Waals surface area (Å²) in [4.78, 5) is 36.0. The average molecular weight is 358 g/mol. The van der Waals surface area contributed by atoms with E-state index in [9.17, 15) is 18.8 Å². The fourth-order valence-corrected chi connectivity index (χ4v) is 3.49. The van der Waals surface area contributed by atoms with Gasteiger partial charge in [0.2, 0.25) is 0 Å². The van der Waals surface area contributed by atoms with Crippen LogP contribution in [-0.4, -0.2) is 42.6 Å². The molecule has 23 heavy (non-hydrogen) atoms. The van der Waals surface area contributed by atoms with E-state index in [0.29, 0.717) is 10.1 Å². The fourth-order valence-electron chi connectivity index (χ4n) is 2.06. The number of amides is 2. The van der Waals surface area contributed by atoms with Crippen molar-refractivity contribution in [3.8, 4) is 0 Å². The summed E-state index contributed by atoms with van der Waals surface area (Å²) in [7, 11) is 0. The van der Waals surface area contributed by atoms with Crippen molar-refractivity contribution in [1.29, 1.82) is 0 Å². The van der Waals surface area contributed by atoms with E-state index in [0.717, 1.165) is 16.2 Å². The first-order valence-electron chi connectivity index (χ1n) is 6.49. The zero-order valence-electron chi connectivity index (χ0n) is 11.5. The third kappa shape index (κ3) is 2.99. The molecule has 9 heteroatoms. The van der Waals surface area contributed by atoms with Gasteiger partial charge in [0.05, 0.1) is 11.6 Å². The molecule has 0 bridgehead atoms. The molecule has 0 atom stereocenters. The van der Waals surface area contributed by atoms with E-state index in [1.807, 2.05) is 0 Å². The molecule has 1 saturated heterocycles. The largest absolute Gasteiger partial charge is 0.451 e. The molecule has 1 fully saturated rings. The van der Waals surface area contributed by atoms with Crippen LogP contribution in [0.4, 0.5) is 9.18 Å². The highest BCUT2D eigenvalue weighted by Crippen LogP contribution is 2.36. The Bertz CT molecular complexity index is 821. The van der Waals surface area contributed by atoms with Gasteiger partial charge in [0.25, 0.3) is 5.91 Å². The number of imide groups is 1. The Hall–Kier alpha value is -2.19. The van der Waals surface area contributed by atoms with E-state index in [2.05, 4.69) is 4.74 Å². The summed E-state index contributed by atoms with van der Waals surface area (Å²) in [6.45, 7) is -0.364. The molecule has 2 heterocycles. The quantitative estimate of drug-likeness (QED) is 0.790. The lowest BCUT2D eigenvalue weighted by atomic mass is 10.2. The first-order chi connectivity index (χ1) is 11.0. The highest BCUT2D eigenvalue weighted by molar-refractivity contribution is 7.21. The molecule has 0 spiro atoms. The number of fused-ring (bicyclic) bond motifs is 1. The number of carbonyl (C=O) groups is 3. The molecular formula is C14H9ClFNO5S. The third-order valence-corrected chi connectivity index (χ3v) is 4.80. The molecule has 3 rings (SSSR count). The summed E-state index contributed by atoms with van der Waals surface area (Å²) in [6, 6.07) is 3.96. The van der Waals surface area contributed by atoms with Gasteiger partial charge < -0.3 is 9.47 Å². The molecule has 0 aliphatic carbocycles. The first-order valence-corrected chi connectivity index (χ1v) is 7.68. The number of rotatable bonds is 3. The monoisotopic (exact) mass is 357 g/mol. The van der Waals surface area contributed by atoms with Crippen LogP contribution in [0.2, 0.25) is 5.02 Å². The van der Waals surface area contributed by atoms with Gasteiger partial charge in [-0.15, -0.1) is 11.3 Å². The van der Waals surface area contributed by atoms with Crippen molar-refractivity contribution in [3.05, 3.63) is 33.9 Å². The van der Waals surface area contributed by atoms with E-state index >= 15 is 0 Å². The zero-order valence-corrected chi connectivity index (χ0v) is 13.1. The summed E-state index contributed by atoms with van der Waals surface area (Å²) in [6.07, 6.45) is -0.763. The first kappa shape index (κ1) is 15.7. The van der Waals surface area contributed by atoms with Gasteiger partial charge in [-0.2, -0.15) is 0 Å². The lowest BCUT2D eigenvalue weighted by Crippen LogP contribution is -2.35. The van der Waals surface area contributed by atoms with Crippen LogP contribution in [-0.2, 0) is 14.3 Å². The molecule has 0 radical (unpaired) electrons. The van der Waals surface area contributed by atoms with Crippen LogP contribution in [0.5, 0.6) is 0 Å². The molecule has 0 saturated carbocycles. The Morgan fingerprint density at radius 2 is 2.22 bits per heavy atom. The number of halogens is 2. The average Bonchev–Trinajstić information content (AvgIpc) is 3.08.